The van der Waals surface area contributed by atoms with Crippen LogP contribution in [0.3, 0.4) is 0 Å². The van der Waals surface area contributed by atoms with Gasteiger partial charge in [0.1, 0.15) is 23.2 Å². The molecule has 3 aliphatic heterocycles. The van der Waals surface area contributed by atoms with Crippen LogP contribution in [0.4, 0.5) is 30.6 Å². The minimum Gasteiger partial charge on any atom is -0.490 e. The van der Waals surface area contributed by atoms with Gasteiger partial charge in [0.25, 0.3) is 5.91 Å². The summed E-state index contributed by atoms with van der Waals surface area (Å²) in [7, 11) is 0. The predicted octanol–water partition coefficient (Wildman–Crippen LogP) is 5.76. The highest BCUT2D eigenvalue weighted by molar-refractivity contribution is 6.00. The van der Waals surface area contributed by atoms with Gasteiger partial charge in [0.15, 0.2) is 5.69 Å². The molecule has 11 nitrogen and oxygen atoms in total. The number of halogens is 3. The summed E-state index contributed by atoms with van der Waals surface area (Å²) in [6.45, 7) is 2.96. The molecule has 1 aromatic carbocycles. The standard InChI is InChI=1S/C39H41F3N6O5/c40-39(41,42)32-27(33(49)46-38(34(50)51)24-17-22-16-23-18-30(38)37(22,23)20-24)3-5-31(45-32)48-21-36(8-14-52-15-9-36)28-19-26(2-4-29(28)48)53-25-6-12-47(13-7-25)35-43-10-1-11-44-35/h1-5,10-11,19,22-25,30H,6-9,12-18,20-21H2,(H,46,49)(H,50,51). The number of alkyl halides is 3. The monoisotopic (exact) mass is 730 g/mol. The van der Waals surface area contributed by atoms with Crippen LogP contribution in [-0.4, -0.2) is 76.4 Å². The fourth-order valence-electron chi connectivity index (χ4n) is 11.8. The average molecular weight is 731 g/mol. The van der Waals surface area contributed by atoms with E-state index in [0.29, 0.717) is 69.0 Å². The number of hydrogen-bond donors (Lipinski definition) is 2. The number of benzene rings is 1. The van der Waals surface area contributed by atoms with Crippen molar-refractivity contribution in [3.8, 4) is 5.75 Å². The maximum absolute atomic E-state index is 14.8. The molecule has 2 bridgehead atoms. The molecule has 278 valence electrons. The number of ether oxygens (including phenoxy) is 2. The van der Waals surface area contributed by atoms with Crippen LogP contribution in [0.1, 0.15) is 73.0 Å². The third kappa shape index (κ3) is 4.72. The Bertz CT molecular complexity index is 1990. The highest BCUT2D eigenvalue weighted by atomic mass is 19.4. The SMILES string of the molecule is O=C(NC1(C(=O)O)C2CC3CC4CC1C34C2)c1ccc(N2CC3(CCOCC3)c3cc(OC4CCN(c5ncccn5)CC4)ccc32)nc1C(F)(F)F. The molecular weight excluding hydrogens is 689 g/mol. The lowest BCUT2D eigenvalue weighted by molar-refractivity contribution is -0.209. The molecule has 0 radical (unpaired) electrons. The molecule has 2 N–H and O–H groups in total. The van der Waals surface area contributed by atoms with Gasteiger partial charge >= 0.3 is 12.1 Å². The Morgan fingerprint density at radius 2 is 1.72 bits per heavy atom. The first-order valence-corrected chi connectivity index (χ1v) is 18.8. The van der Waals surface area contributed by atoms with Gasteiger partial charge in [0.2, 0.25) is 5.95 Å². The minimum absolute atomic E-state index is 0.00829. The molecule has 53 heavy (non-hydrogen) atoms. The number of pyridine rings is 1. The van der Waals surface area contributed by atoms with Gasteiger partial charge in [-0.15, -0.1) is 0 Å². The summed E-state index contributed by atoms with van der Waals surface area (Å²) in [5, 5.41) is 13.2. The second kappa shape index (κ2) is 11.5. The Kier molecular flexibility index (Phi) is 7.20. The van der Waals surface area contributed by atoms with E-state index in [1.165, 1.54) is 6.07 Å². The Labute approximate surface area is 304 Å². The minimum atomic E-state index is -4.95. The van der Waals surface area contributed by atoms with E-state index in [2.05, 4.69) is 25.2 Å². The van der Waals surface area contributed by atoms with Crippen molar-refractivity contribution in [2.75, 3.05) is 42.6 Å². The average Bonchev–Trinajstić information content (AvgIpc) is 3.76. The molecule has 7 aliphatic rings. The lowest BCUT2D eigenvalue weighted by atomic mass is 9.36. The first kappa shape index (κ1) is 33.1. The summed E-state index contributed by atoms with van der Waals surface area (Å²) in [6.07, 6.45) is 4.66. The van der Waals surface area contributed by atoms with Crippen molar-refractivity contribution in [1.29, 1.82) is 0 Å². The number of nitrogens with one attached hydrogen (secondary N) is 1. The zero-order valence-electron chi connectivity index (χ0n) is 29.1. The number of nitrogens with zero attached hydrogens (tertiary/aromatic N) is 5. The van der Waals surface area contributed by atoms with Crippen molar-refractivity contribution in [2.45, 2.75) is 74.6 Å². The molecule has 6 atom stereocenters. The van der Waals surface area contributed by atoms with Gasteiger partial charge in [0, 0.05) is 69.2 Å². The lowest BCUT2D eigenvalue weighted by Crippen LogP contribution is -2.73. The third-order valence-electron chi connectivity index (χ3n) is 14.3. The number of carbonyl (C=O) groups is 2. The van der Waals surface area contributed by atoms with Crippen molar-refractivity contribution in [2.24, 2.45) is 29.1 Å². The molecule has 10 rings (SSSR count). The number of aromatic nitrogens is 3. The van der Waals surface area contributed by atoms with Crippen molar-refractivity contribution in [3.05, 3.63) is 65.6 Å². The molecule has 5 heterocycles. The van der Waals surface area contributed by atoms with Crippen LogP contribution in [-0.2, 0) is 21.1 Å². The predicted molar refractivity (Wildman–Crippen MR) is 185 cm³/mol. The molecule has 2 aromatic heterocycles. The Morgan fingerprint density at radius 3 is 2.42 bits per heavy atom. The smallest absolute Gasteiger partial charge is 0.434 e. The number of rotatable bonds is 7. The lowest BCUT2D eigenvalue weighted by Gasteiger charge is -2.69. The second-order valence-corrected chi connectivity index (χ2v) is 16.4. The van der Waals surface area contributed by atoms with Crippen molar-refractivity contribution in [1.82, 2.24) is 20.3 Å². The molecule has 2 spiro atoms. The van der Waals surface area contributed by atoms with Crippen LogP contribution >= 0.6 is 0 Å². The maximum atomic E-state index is 14.8. The van der Waals surface area contributed by atoms with Gasteiger partial charge in [-0.25, -0.2) is 19.7 Å². The molecule has 14 heteroatoms. The van der Waals surface area contributed by atoms with Crippen LogP contribution in [0.15, 0.2) is 48.8 Å². The Hall–Kier alpha value is -4.46. The van der Waals surface area contributed by atoms with E-state index in [4.69, 9.17) is 9.47 Å². The Balaban J connectivity index is 0.926. The maximum Gasteiger partial charge on any atom is 0.434 e. The van der Waals surface area contributed by atoms with Crippen molar-refractivity contribution < 1.29 is 37.3 Å². The van der Waals surface area contributed by atoms with E-state index < -0.39 is 34.8 Å². The van der Waals surface area contributed by atoms with Gasteiger partial charge in [-0.2, -0.15) is 13.2 Å². The highest BCUT2D eigenvalue weighted by Gasteiger charge is 2.83. The number of hydrogen-bond acceptors (Lipinski definition) is 9. The first-order chi connectivity index (χ1) is 25.5. The summed E-state index contributed by atoms with van der Waals surface area (Å²) in [5.74, 6) is -0.294. The van der Waals surface area contributed by atoms with Gasteiger partial charge in [-0.05, 0) is 110 Å². The number of carboxylic acid groups (broad SMARTS) is 1. The van der Waals surface area contributed by atoms with E-state index >= 15 is 0 Å². The number of amides is 1. The molecule has 2 saturated heterocycles. The number of carboxylic acids is 1. The van der Waals surface area contributed by atoms with Crippen molar-refractivity contribution >= 4 is 29.3 Å². The number of fused-ring (bicyclic) bond motifs is 3. The first-order valence-electron chi connectivity index (χ1n) is 18.8. The van der Waals surface area contributed by atoms with E-state index in [-0.39, 0.29) is 34.6 Å². The Morgan fingerprint density at radius 1 is 0.981 bits per heavy atom. The van der Waals surface area contributed by atoms with Gasteiger partial charge < -0.3 is 29.7 Å². The number of anilines is 3. The number of aliphatic carboxylic acids is 1. The van der Waals surface area contributed by atoms with E-state index in [1.807, 2.05) is 18.2 Å². The van der Waals surface area contributed by atoms with Gasteiger partial charge in [-0.1, -0.05) is 0 Å². The van der Waals surface area contributed by atoms with E-state index in [0.717, 1.165) is 56.1 Å². The second-order valence-electron chi connectivity index (χ2n) is 16.4. The van der Waals surface area contributed by atoms with Crippen molar-refractivity contribution in [3.63, 3.8) is 0 Å². The fraction of sp³-hybridized carbons (Fsp3) is 0.564. The zero-order valence-corrected chi connectivity index (χ0v) is 29.1. The van der Waals surface area contributed by atoms with Crippen LogP contribution in [0, 0.1) is 29.1 Å². The largest absolute Gasteiger partial charge is 0.490 e. The van der Waals surface area contributed by atoms with Crippen LogP contribution in [0.5, 0.6) is 5.75 Å². The molecule has 6 unspecified atom stereocenters. The van der Waals surface area contributed by atoms with E-state index in [1.54, 1.807) is 23.4 Å². The van der Waals surface area contributed by atoms with Crippen LogP contribution in [0.25, 0.3) is 0 Å². The summed E-state index contributed by atoms with van der Waals surface area (Å²) in [6, 6.07) is 10.2. The van der Waals surface area contributed by atoms with Gasteiger partial charge in [-0.3, -0.25) is 4.79 Å². The molecule has 3 aromatic rings. The van der Waals surface area contributed by atoms with Gasteiger partial charge in [0.05, 0.1) is 5.56 Å². The summed E-state index contributed by atoms with van der Waals surface area (Å²) in [5.41, 5.74) is -2.25. The summed E-state index contributed by atoms with van der Waals surface area (Å²) >= 11 is 0. The summed E-state index contributed by atoms with van der Waals surface area (Å²) in [4.78, 5) is 43.5. The number of carbonyl (C=O) groups excluding carboxylic acids is 1. The van der Waals surface area contributed by atoms with E-state index in [9.17, 15) is 27.9 Å². The molecule has 4 aliphatic carbocycles. The highest BCUT2D eigenvalue weighted by Crippen LogP contribution is 2.83. The van der Waals surface area contributed by atoms with Crippen LogP contribution < -0.4 is 19.9 Å². The number of piperidine rings is 1. The normalized spacial score (nSPS) is 32.1. The molecular formula is C39H41F3N6O5. The zero-order chi connectivity index (χ0) is 36.3. The molecule has 1 amide bonds. The molecule has 6 fully saturated rings. The molecule has 4 saturated carbocycles. The fourth-order valence-corrected chi connectivity index (χ4v) is 11.8. The topological polar surface area (TPSA) is 130 Å². The summed E-state index contributed by atoms with van der Waals surface area (Å²) < 4.78 is 56.7. The quantitative estimate of drug-likeness (QED) is 0.310. The van der Waals surface area contributed by atoms with Crippen LogP contribution in [0.2, 0.25) is 0 Å². The third-order valence-corrected chi connectivity index (χ3v) is 14.3.